The van der Waals surface area contributed by atoms with Gasteiger partial charge in [-0.05, 0) is 35.6 Å². The van der Waals surface area contributed by atoms with Crippen LogP contribution >= 0.6 is 0 Å². The zero-order valence-electron chi connectivity index (χ0n) is 18.4. The third-order valence-corrected chi connectivity index (χ3v) is 5.82. The number of nitrogens with one attached hydrogen (secondary N) is 2. The SMILES string of the molecule is N#CCNC(=O)C(CC1CCCCC1)NC(=O)Cc1ccc(OCc2ccccc2)cc1. The number of hydrogen-bond donors (Lipinski definition) is 2. The minimum atomic E-state index is -0.604. The monoisotopic (exact) mass is 433 g/mol. The Bertz CT molecular complexity index is 900. The van der Waals surface area contributed by atoms with Gasteiger partial charge in [0.25, 0.3) is 0 Å². The summed E-state index contributed by atoms with van der Waals surface area (Å²) in [6.07, 6.45) is 6.55. The molecule has 2 amide bonds. The van der Waals surface area contributed by atoms with E-state index in [2.05, 4.69) is 10.6 Å². The molecule has 0 radical (unpaired) electrons. The summed E-state index contributed by atoms with van der Waals surface area (Å²) in [5.74, 6) is 0.693. The van der Waals surface area contributed by atoms with Gasteiger partial charge in [0.05, 0.1) is 12.5 Å². The molecule has 6 nitrogen and oxygen atoms in total. The number of carbonyl (C=O) groups excluding carboxylic acids is 2. The number of hydrogen-bond acceptors (Lipinski definition) is 4. The van der Waals surface area contributed by atoms with Crippen LogP contribution in [0.2, 0.25) is 0 Å². The van der Waals surface area contributed by atoms with E-state index in [9.17, 15) is 9.59 Å². The van der Waals surface area contributed by atoms with E-state index < -0.39 is 6.04 Å². The van der Waals surface area contributed by atoms with Crippen molar-refractivity contribution < 1.29 is 14.3 Å². The van der Waals surface area contributed by atoms with Gasteiger partial charge in [0.2, 0.25) is 11.8 Å². The minimum absolute atomic E-state index is 0.0552. The fourth-order valence-electron chi connectivity index (χ4n) is 4.11. The highest BCUT2D eigenvalue weighted by Gasteiger charge is 2.25. The van der Waals surface area contributed by atoms with Gasteiger partial charge < -0.3 is 15.4 Å². The average molecular weight is 434 g/mol. The Hall–Kier alpha value is -3.33. The third-order valence-electron chi connectivity index (χ3n) is 5.82. The number of benzene rings is 2. The Morgan fingerprint density at radius 1 is 1.00 bits per heavy atom. The van der Waals surface area contributed by atoms with Crippen LogP contribution in [0.1, 0.15) is 49.7 Å². The van der Waals surface area contributed by atoms with E-state index >= 15 is 0 Å². The first-order chi connectivity index (χ1) is 15.6. The minimum Gasteiger partial charge on any atom is -0.489 e. The Morgan fingerprint density at radius 2 is 1.72 bits per heavy atom. The summed E-state index contributed by atoms with van der Waals surface area (Å²) in [6, 6.07) is 18.7. The molecule has 1 aliphatic carbocycles. The maximum absolute atomic E-state index is 12.7. The Labute approximate surface area is 190 Å². The molecule has 1 atom stereocenters. The van der Waals surface area contributed by atoms with Crippen LogP contribution in [-0.4, -0.2) is 24.4 Å². The predicted octanol–water partition coefficient (Wildman–Crippen LogP) is 3.90. The molecule has 1 unspecified atom stereocenters. The van der Waals surface area contributed by atoms with Gasteiger partial charge in [-0.25, -0.2) is 0 Å². The molecule has 0 aliphatic heterocycles. The summed E-state index contributed by atoms with van der Waals surface area (Å²) in [5.41, 5.74) is 1.94. The molecule has 32 heavy (non-hydrogen) atoms. The number of ether oxygens (including phenoxy) is 1. The lowest BCUT2D eigenvalue weighted by Crippen LogP contribution is -2.48. The zero-order valence-corrected chi connectivity index (χ0v) is 18.4. The van der Waals surface area contributed by atoms with Crippen molar-refractivity contribution in [3.05, 3.63) is 65.7 Å². The lowest BCUT2D eigenvalue weighted by Gasteiger charge is -2.26. The second-order valence-corrected chi connectivity index (χ2v) is 8.33. The molecular weight excluding hydrogens is 402 g/mol. The predicted molar refractivity (Wildman–Crippen MR) is 123 cm³/mol. The summed E-state index contributed by atoms with van der Waals surface area (Å²) < 4.78 is 5.79. The third kappa shape index (κ3) is 7.73. The zero-order chi connectivity index (χ0) is 22.6. The summed E-state index contributed by atoms with van der Waals surface area (Å²) in [7, 11) is 0. The van der Waals surface area contributed by atoms with Crippen molar-refractivity contribution in [3.8, 4) is 11.8 Å². The van der Waals surface area contributed by atoms with Crippen LogP contribution in [0.3, 0.4) is 0 Å². The highest BCUT2D eigenvalue weighted by molar-refractivity contribution is 5.88. The maximum Gasteiger partial charge on any atom is 0.243 e. The van der Waals surface area contributed by atoms with Crippen molar-refractivity contribution in [1.29, 1.82) is 5.26 Å². The van der Waals surface area contributed by atoms with Gasteiger partial charge >= 0.3 is 0 Å². The average Bonchev–Trinajstić information content (AvgIpc) is 2.83. The molecule has 1 aliphatic rings. The number of carbonyl (C=O) groups is 2. The van der Waals surface area contributed by atoms with Crippen LogP contribution in [0.5, 0.6) is 5.75 Å². The summed E-state index contributed by atoms with van der Waals surface area (Å²) in [6.45, 7) is 0.432. The molecule has 3 rings (SSSR count). The molecular formula is C26H31N3O3. The molecule has 0 aromatic heterocycles. The number of rotatable bonds is 10. The first kappa shape index (κ1) is 23.3. The summed E-state index contributed by atoms with van der Waals surface area (Å²) in [5, 5.41) is 14.2. The van der Waals surface area contributed by atoms with Gasteiger partial charge in [-0.3, -0.25) is 9.59 Å². The van der Waals surface area contributed by atoms with E-state index in [4.69, 9.17) is 10.00 Å². The lowest BCUT2D eigenvalue weighted by molar-refractivity contribution is -0.129. The van der Waals surface area contributed by atoms with E-state index in [-0.39, 0.29) is 24.8 Å². The van der Waals surface area contributed by atoms with E-state index in [1.807, 2.05) is 60.7 Å². The number of amides is 2. The summed E-state index contributed by atoms with van der Waals surface area (Å²) >= 11 is 0. The van der Waals surface area contributed by atoms with Crippen LogP contribution in [-0.2, 0) is 22.6 Å². The van der Waals surface area contributed by atoms with Crippen LogP contribution in [0.4, 0.5) is 0 Å². The topological polar surface area (TPSA) is 91.2 Å². The molecule has 1 fully saturated rings. The maximum atomic E-state index is 12.7. The Morgan fingerprint density at radius 3 is 2.41 bits per heavy atom. The van der Waals surface area contributed by atoms with Crippen molar-refractivity contribution in [1.82, 2.24) is 10.6 Å². The first-order valence-corrected chi connectivity index (χ1v) is 11.3. The van der Waals surface area contributed by atoms with Crippen LogP contribution < -0.4 is 15.4 Å². The smallest absolute Gasteiger partial charge is 0.243 e. The van der Waals surface area contributed by atoms with Gasteiger partial charge in [-0.15, -0.1) is 0 Å². The second kappa shape index (κ2) is 12.5. The van der Waals surface area contributed by atoms with Gasteiger partial charge in [0.1, 0.15) is 24.9 Å². The molecule has 0 saturated heterocycles. The molecule has 6 heteroatoms. The van der Waals surface area contributed by atoms with Crippen molar-refractivity contribution >= 4 is 11.8 Å². The molecule has 2 N–H and O–H groups in total. The van der Waals surface area contributed by atoms with E-state index in [1.54, 1.807) is 0 Å². The van der Waals surface area contributed by atoms with Crippen molar-refractivity contribution in [3.63, 3.8) is 0 Å². The fraction of sp³-hybridized carbons (Fsp3) is 0.423. The van der Waals surface area contributed by atoms with Gasteiger partial charge in [0.15, 0.2) is 0 Å². The summed E-state index contributed by atoms with van der Waals surface area (Å²) in [4.78, 5) is 25.2. The molecule has 2 aromatic carbocycles. The second-order valence-electron chi connectivity index (χ2n) is 8.33. The molecule has 0 bridgehead atoms. The quantitative estimate of drug-likeness (QED) is 0.556. The number of nitrogens with zero attached hydrogens (tertiary/aromatic N) is 1. The highest BCUT2D eigenvalue weighted by atomic mass is 16.5. The van der Waals surface area contributed by atoms with E-state index in [0.717, 1.165) is 29.7 Å². The Balaban J connectivity index is 1.52. The molecule has 2 aromatic rings. The molecule has 1 saturated carbocycles. The molecule has 0 heterocycles. The number of nitriles is 1. The van der Waals surface area contributed by atoms with E-state index in [0.29, 0.717) is 18.9 Å². The van der Waals surface area contributed by atoms with Crippen LogP contribution in [0.25, 0.3) is 0 Å². The fourth-order valence-corrected chi connectivity index (χ4v) is 4.11. The Kier molecular flexibility index (Phi) is 9.12. The van der Waals surface area contributed by atoms with Crippen molar-refractivity contribution in [2.75, 3.05) is 6.54 Å². The highest BCUT2D eigenvalue weighted by Crippen LogP contribution is 2.27. The normalized spacial score (nSPS) is 14.7. The van der Waals surface area contributed by atoms with Gasteiger partial charge in [-0.1, -0.05) is 74.6 Å². The van der Waals surface area contributed by atoms with Crippen LogP contribution in [0.15, 0.2) is 54.6 Å². The molecule has 0 spiro atoms. The standard InChI is InChI=1S/C26H31N3O3/c27-15-16-28-26(31)24(17-20-7-3-1-4-8-20)29-25(30)18-21-11-13-23(14-12-21)32-19-22-9-5-2-6-10-22/h2,5-6,9-14,20,24H,1,3-4,7-8,16-19H2,(H,28,31)(H,29,30). The van der Waals surface area contributed by atoms with Crippen LogP contribution in [0, 0.1) is 17.2 Å². The molecule has 168 valence electrons. The van der Waals surface area contributed by atoms with Crippen molar-refractivity contribution in [2.45, 2.75) is 57.6 Å². The van der Waals surface area contributed by atoms with Gasteiger partial charge in [0, 0.05) is 0 Å². The largest absolute Gasteiger partial charge is 0.489 e. The first-order valence-electron chi connectivity index (χ1n) is 11.3. The van der Waals surface area contributed by atoms with Gasteiger partial charge in [-0.2, -0.15) is 5.26 Å². The lowest BCUT2D eigenvalue weighted by atomic mass is 9.84. The van der Waals surface area contributed by atoms with E-state index in [1.165, 1.54) is 19.3 Å². The van der Waals surface area contributed by atoms with Crippen molar-refractivity contribution in [2.24, 2.45) is 5.92 Å².